The Kier molecular flexibility index (Phi) is 4.17. The van der Waals surface area contributed by atoms with E-state index in [0.717, 1.165) is 35.0 Å². The molecule has 130 valence electrons. The normalized spacial score (nSPS) is 15.3. The molecule has 1 atom stereocenters. The number of nitrogens with one attached hydrogen (secondary N) is 2. The summed E-state index contributed by atoms with van der Waals surface area (Å²) >= 11 is 1.62. The van der Waals surface area contributed by atoms with Crippen LogP contribution in [0, 0.1) is 6.92 Å². The molecule has 0 radical (unpaired) electrons. The number of oxazole rings is 1. The average molecular weight is 356 g/mol. The van der Waals surface area contributed by atoms with Crippen molar-refractivity contribution < 1.29 is 9.21 Å². The number of carbonyl (C=O) groups excluding carboxylic acids is 1. The molecule has 3 aromatic rings. The highest BCUT2D eigenvalue weighted by atomic mass is 32.1. The second-order valence-electron chi connectivity index (χ2n) is 6.57. The zero-order valence-electron chi connectivity index (χ0n) is 14.2. The summed E-state index contributed by atoms with van der Waals surface area (Å²) in [6.45, 7) is 4.56. The van der Waals surface area contributed by atoms with E-state index in [9.17, 15) is 4.79 Å². The zero-order valence-corrected chi connectivity index (χ0v) is 15.0. The SMILES string of the molecule is Cc1csc(C(C)CNC(=O)Nc2ccc3nc(C4CC4)oc3c2)n1. The Bertz CT molecular complexity index is 913. The number of carbonyl (C=O) groups is 1. The molecule has 0 bridgehead atoms. The van der Waals surface area contributed by atoms with E-state index in [0.29, 0.717) is 23.7 Å². The predicted octanol–water partition coefficient (Wildman–Crippen LogP) is 4.40. The molecule has 1 saturated carbocycles. The maximum absolute atomic E-state index is 12.1. The molecule has 2 amide bonds. The molecule has 4 rings (SSSR count). The zero-order chi connectivity index (χ0) is 17.4. The Balaban J connectivity index is 1.36. The van der Waals surface area contributed by atoms with Gasteiger partial charge in [0.15, 0.2) is 11.5 Å². The number of nitrogens with zero attached hydrogens (tertiary/aromatic N) is 2. The molecular weight excluding hydrogens is 336 g/mol. The molecule has 2 heterocycles. The third-order valence-electron chi connectivity index (χ3n) is 4.22. The van der Waals surface area contributed by atoms with Crippen LogP contribution in [0.25, 0.3) is 11.1 Å². The fraction of sp³-hybridized carbons (Fsp3) is 0.389. The third-order valence-corrected chi connectivity index (χ3v) is 5.41. The minimum atomic E-state index is -0.235. The fourth-order valence-corrected chi connectivity index (χ4v) is 3.49. The largest absolute Gasteiger partial charge is 0.440 e. The number of aryl methyl sites for hydroxylation is 1. The minimum Gasteiger partial charge on any atom is -0.440 e. The van der Waals surface area contributed by atoms with Crippen molar-refractivity contribution in [3.05, 3.63) is 40.2 Å². The van der Waals surface area contributed by atoms with Gasteiger partial charge in [-0.25, -0.2) is 14.8 Å². The molecule has 0 spiro atoms. The van der Waals surface area contributed by atoms with Crippen LogP contribution >= 0.6 is 11.3 Å². The molecule has 1 aliphatic rings. The van der Waals surface area contributed by atoms with Crippen molar-refractivity contribution in [1.29, 1.82) is 0 Å². The van der Waals surface area contributed by atoms with Crippen LogP contribution in [-0.2, 0) is 0 Å². The summed E-state index contributed by atoms with van der Waals surface area (Å²) in [5.74, 6) is 1.47. The lowest BCUT2D eigenvalue weighted by atomic mass is 10.2. The Morgan fingerprint density at radius 3 is 2.96 bits per heavy atom. The Morgan fingerprint density at radius 2 is 2.24 bits per heavy atom. The van der Waals surface area contributed by atoms with Crippen LogP contribution < -0.4 is 10.6 Å². The van der Waals surface area contributed by atoms with Crippen molar-refractivity contribution in [2.24, 2.45) is 0 Å². The van der Waals surface area contributed by atoms with E-state index in [1.165, 1.54) is 0 Å². The van der Waals surface area contributed by atoms with Gasteiger partial charge in [0.1, 0.15) is 5.52 Å². The molecule has 1 aliphatic carbocycles. The maximum Gasteiger partial charge on any atom is 0.319 e. The van der Waals surface area contributed by atoms with E-state index in [1.54, 1.807) is 11.3 Å². The second-order valence-corrected chi connectivity index (χ2v) is 7.46. The molecule has 2 aromatic heterocycles. The lowest BCUT2D eigenvalue weighted by Gasteiger charge is -2.11. The van der Waals surface area contributed by atoms with Crippen molar-refractivity contribution in [2.75, 3.05) is 11.9 Å². The van der Waals surface area contributed by atoms with Gasteiger partial charge < -0.3 is 15.1 Å². The lowest BCUT2D eigenvalue weighted by molar-refractivity contribution is 0.251. The summed E-state index contributed by atoms with van der Waals surface area (Å²) in [4.78, 5) is 21.1. The van der Waals surface area contributed by atoms with Crippen molar-refractivity contribution in [3.63, 3.8) is 0 Å². The first-order valence-electron chi connectivity index (χ1n) is 8.46. The standard InChI is InChI=1S/C18H20N4O2S/c1-10(17-20-11(2)9-25-17)8-19-18(23)21-13-5-6-14-15(7-13)24-16(22-14)12-3-4-12/h5-7,9-10,12H,3-4,8H2,1-2H3,(H2,19,21,23). The highest BCUT2D eigenvalue weighted by molar-refractivity contribution is 7.09. The summed E-state index contributed by atoms with van der Waals surface area (Å²) in [6.07, 6.45) is 2.30. The first-order valence-corrected chi connectivity index (χ1v) is 9.34. The van der Waals surface area contributed by atoms with Gasteiger partial charge in [-0.1, -0.05) is 6.92 Å². The number of amides is 2. The molecule has 1 fully saturated rings. The topological polar surface area (TPSA) is 80.0 Å². The molecule has 2 N–H and O–H groups in total. The molecule has 25 heavy (non-hydrogen) atoms. The number of benzene rings is 1. The van der Waals surface area contributed by atoms with E-state index in [2.05, 4.69) is 27.5 Å². The first kappa shape index (κ1) is 16.1. The molecule has 0 saturated heterocycles. The molecular formula is C18H20N4O2S. The Labute approximate surface area is 149 Å². The summed E-state index contributed by atoms with van der Waals surface area (Å²) in [6, 6.07) is 5.30. The molecule has 0 aliphatic heterocycles. The van der Waals surface area contributed by atoms with Gasteiger partial charge in [-0.05, 0) is 31.9 Å². The number of fused-ring (bicyclic) bond motifs is 1. The summed E-state index contributed by atoms with van der Waals surface area (Å²) in [5.41, 5.74) is 3.26. The third kappa shape index (κ3) is 3.66. The van der Waals surface area contributed by atoms with Crippen LogP contribution in [0.15, 0.2) is 28.0 Å². The van der Waals surface area contributed by atoms with Gasteiger partial charge in [-0.15, -0.1) is 11.3 Å². The first-order chi connectivity index (χ1) is 12.1. The van der Waals surface area contributed by atoms with Crippen LogP contribution in [0.5, 0.6) is 0 Å². The van der Waals surface area contributed by atoms with Gasteiger partial charge in [-0.3, -0.25) is 0 Å². The van der Waals surface area contributed by atoms with E-state index in [4.69, 9.17) is 4.42 Å². The maximum atomic E-state index is 12.1. The summed E-state index contributed by atoms with van der Waals surface area (Å²) < 4.78 is 5.78. The number of aromatic nitrogens is 2. The van der Waals surface area contributed by atoms with Crippen LogP contribution in [0.2, 0.25) is 0 Å². The highest BCUT2D eigenvalue weighted by Gasteiger charge is 2.28. The van der Waals surface area contributed by atoms with Gasteiger partial charge >= 0.3 is 6.03 Å². The molecule has 7 heteroatoms. The van der Waals surface area contributed by atoms with Gasteiger partial charge in [0.25, 0.3) is 0 Å². The van der Waals surface area contributed by atoms with Crippen LogP contribution in [0.3, 0.4) is 0 Å². The van der Waals surface area contributed by atoms with Gasteiger partial charge in [0.05, 0.1) is 5.01 Å². The highest BCUT2D eigenvalue weighted by Crippen LogP contribution is 2.40. The predicted molar refractivity (Wildman–Crippen MR) is 98.3 cm³/mol. The molecule has 1 aromatic carbocycles. The summed E-state index contributed by atoms with van der Waals surface area (Å²) in [5, 5.41) is 8.79. The van der Waals surface area contributed by atoms with Gasteiger partial charge in [0.2, 0.25) is 0 Å². The van der Waals surface area contributed by atoms with E-state index in [-0.39, 0.29) is 11.9 Å². The van der Waals surface area contributed by atoms with Crippen LogP contribution in [-0.4, -0.2) is 22.5 Å². The van der Waals surface area contributed by atoms with E-state index >= 15 is 0 Å². The smallest absolute Gasteiger partial charge is 0.319 e. The van der Waals surface area contributed by atoms with Crippen LogP contribution in [0.1, 0.15) is 48.2 Å². The fourth-order valence-electron chi connectivity index (χ4n) is 2.63. The number of thiazole rings is 1. The average Bonchev–Trinajstić information content (AvgIpc) is 3.21. The van der Waals surface area contributed by atoms with Crippen molar-refractivity contribution in [2.45, 2.75) is 38.5 Å². The molecule has 6 nitrogen and oxygen atoms in total. The Morgan fingerprint density at radius 1 is 1.40 bits per heavy atom. The second kappa shape index (κ2) is 6.48. The summed E-state index contributed by atoms with van der Waals surface area (Å²) in [7, 11) is 0. The lowest BCUT2D eigenvalue weighted by Crippen LogP contribution is -2.31. The van der Waals surface area contributed by atoms with Crippen LogP contribution in [0.4, 0.5) is 10.5 Å². The minimum absolute atomic E-state index is 0.183. The number of hydrogen-bond acceptors (Lipinski definition) is 5. The Hall–Kier alpha value is -2.41. The van der Waals surface area contributed by atoms with Crippen molar-refractivity contribution in [3.8, 4) is 0 Å². The number of urea groups is 1. The molecule has 1 unspecified atom stereocenters. The number of hydrogen-bond donors (Lipinski definition) is 2. The quantitative estimate of drug-likeness (QED) is 0.710. The van der Waals surface area contributed by atoms with Crippen molar-refractivity contribution >= 4 is 34.2 Å². The number of anilines is 1. The van der Waals surface area contributed by atoms with E-state index in [1.807, 2.05) is 30.5 Å². The van der Waals surface area contributed by atoms with Gasteiger partial charge in [0, 0.05) is 41.2 Å². The van der Waals surface area contributed by atoms with Gasteiger partial charge in [-0.2, -0.15) is 0 Å². The van der Waals surface area contributed by atoms with Crippen molar-refractivity contribution in [1.82, 2.24) is 15.3 Å². The van der Waals surface area contributed by atoms with E-state index < -0.39 is 0 Å². The monoisotopic (exact) mass is 356 g/mol. The number of rotatable bonds is 5.